The third-order valence-electron chi connectivity index (χ3n) is 3.66. The molecule has 20 heavy (non-hydrogen) atoms. The molecule has 5 heteroatoms. The topological polar surface area (TPSA) is 39.1 Å². The fourth-order valence-electron chi connectivity index (χ4n) is 2.75. The minimum atomic E-state index is 0.353. The first kappa shape index (κ1) is 13.9. The van der Waals surface area contributed by atoms with Crippen molar-refractivity contribution in [3.63, 3.8) is 0 Å². The summed E-state index contributed by atoms with van der Waals surface area (Å²) >= 11 is 6.12. The van der Waals surface area contributed by atoms with Gasteiger partial charge in [-0.1, -0.05) is 18.5 Å². The summed E-state index contributed by atoms with van der Waals surface area (Å²) in [6.07, 6.45) is 1.98. The van der Waals surface area contributed by atoms with E-state index in [0.717, 1.165) is 61.0 Å². The van der Waals surface area contributed by atoms with E-state index in [4.69, 9.17) is 21.3 Å². The minimum Gasteiger partial charge on any atom is -0.379 e. The second kappa shape index (κ2) is 6.12. The number of morpholine rings is 1. The molecule has 2 aromatic rings. The maximum atomic E-state index is 6.12. The van der Waals surface area contributed by atoms with E-state index in [-0.39, 0.29) is 0 Å². The van der Waals surface area contributed by atoms with E-state index in [9.17, 15) is 0 Å². The number of halogens is 1. The van der Waals surface area contributed by atoms with E-state index in [2.05, 4.69) is 16.8 Å². The van der Waals surface area contributed by atoms with Crippen molar-refractivity contribution in [2.24, 2.45) is 0 Å². The van der Waals surface area contributed by atoms with E-state index >= 15 is 0 Å². The second-order valence-electron chi connectivity index (χ2n) is 5.24. The normalized spacial score (nSPS) is 19.6. The smallest absolute Gasteiger partial charge is 0.111 e. The zero-order chi connectivity index (χ0) is 13.9. The van der Waals surface area contributed by atoms with Crippen LogP contribution in [-0.4, -0.2) is 35.4 Å². The molecule has 0 aliphatic carbocycles. The monoisotopic (exact) mass is 293 g/mol. The predicted octanol–water partition coefficient (Wildman–Crippen LogP) is 2.63. The Kier molecular flexibility index (Phi) is 4.24. The van der Waals surface area contributed by atoms with Gasteiger partial charge in [0.25, 0.3) is 0 Å². The number of nitrogens with one attached hydrogen (secondary N) is 1. The Morgan fingerprint density at radius 3 is 3.15 bits per heavy atom. The highest BCUT2D eigenvalue weighted by Crippen LogP contribution is 2.22. The van der Waals surface area contributed by atoms with E-state index in [0.29, 0.717) is 6.04 Å². The van der Waals surface area contributed by atoms with Crippen molar-refractivity contribution in [3.05, 3.63) is 29.0 Å². The average molecular weight is 294 g/mol. The van der Waals surface area contributed by atoms with Crippen LogP contribution in [0.5, 0.6) is 0 Å². The van der Waals surface area contributed by atoms with Crippen LogP contribution in [0, 0.1) is 0 Å². The molecule has 1 aliphatic rings. The van der Waals surface area contributed by atoms with Gasteiger partial charge in [-0.3, -0.25) is 0 Å². The summed E-state index contributed by atoms with van der Waals surface area (Å²) in [5.74, 6) is 1.12. The summed E-state index contributed by atoms with van der Waals surface area (Å²) in [5, 5.41) is 4.25. The van der Waals surface area contributed by atoms with Gasteiger partial charge in [0.15, 0.2) is 0 Å². The number of imidazole rings is 1. The molecule has 0 spiro atoms. The molecule has 0 amide bonds. The zero-order valence-corrected chi connectivity index (χ0v) is 12.5. The molecular weight excluding hydrogens is 274 g/mol. The first-order valence-electron chi connectivity index (χ1n) is 7.23. The molecule has 0 radical (unpaired) electrons. The lowest BCUT2D eigenvalue weighted by atomic mass is 10.2. The third kappa shape index (κ3) is 2.82. The summed E-state index contributed by atoms with van der Waals surface area (Å²) in [7, 11) is 0. The number of fused-ring (bicyclic) bond motifs is 1. The quantitative estimate of drug-likeness (QED) is 0.942. The summed E-state index contributed by atoms with van der Waals surface area (Å²) in [5.41, 5.74) is 2.15. The molecule has 0 saturated carbocycles. The lowest BCUT2D eigenvalue weighted by Crippen LogP contribution is -2.43. The Morgan fingerprint density at radius 2 is 2.40 bits per heavy atom. The van der Waals surface area contributed by atoms with Gasteiger partial charge in [0.05, 0.1) is 24.2 Å². The number of aryl methyl sites for hydroxylation is 1. The maximum absolute atomic E-state index is 6.12. The van der Waals surface area contributed by atoms with Gasteiger partial charge < -0.3 is 14.6 Å². The Bertz CT molecular complexity index is 590. The van der Waals surface area contributed by atoms with Crippen LogP contribution in [-0.2, 0) is 17.7 Å². The summed E-state index contributed by atoms with van der Waals surface area (Å²) in [6, 6.07) is 6.26. The summed E-state index contributed by atoms with van der Waals surface area (Å²) < 4.78 is 7.82. The highest BCUT2D eigenvalue weighted by atomic mass is 35.5. The zero-order valence-electron chi connectivity index (χ0n) is 11.7. The van der Waals surface area contributed by atoms with Gasteiger partial charge in [-0.05, 0) is 24.6 Å². The molecule has 1 aromatic heterocycles. The highest BCUT2D eigenvalue weighted by molar-refractivity contribution is 6.31. The fraction of sp³-hybridized carbons (Fsp3) is 0.533. The van der Waals surface area contributed by atoms with E-state index in [1.54, 1.807) is 0 Å². The lowest BCUT2D eigenvalue weighted by Gasteiger charge is -2.23. The Morgan fingerprint density at radius 1 is 1.50 bits per heavy atom. The molecule has 0 bridgehead atoms. The molecule has 1 fully saturated rings. The van der Waals surface area contributed by atoms with Gasteiger partial charge >= 0.3 is 0 Å². The first-order valence-corrected chi connectivity index (χ1v) is 7.61. The SMILES string of the molecule is CCCn1c(CC2COCCN2)nc2ccc(Cl)cc21. The number of nitrogens with zero attached hydrogens (tertiary/aromatic N) is 2. The molecule has 108 valence electrons. The summed E-state index contributed by atoms with van der Waals surface area (Å²) in [6.45, 7) is 5.64. The van der Waals surface area contributed by atoms with Crippen molar-refractivity contribution < 1.29 is 4.74 Å². The molecule has 1 aromatic carbocycles. The Hall–Kier alpha value is -1.10. The fourth-order valence-corrected chi connectivity index (χ4v) is 2.91. The third-order valence-corrected chi connectivity index (χ3v) is 3.90. The van der Waals surface area contributed by atoms with Crippen LogP contribution in [0.1, 0.15) is 19.2 Å². The standard InChI is InChI=1S/C15H20ClN3O/c1-2-6-19-14-8-11(16)3-4-13(14)18-15(19)9-12-10-20-7-5-17-12/h3-4,8,12,17H,2,5-7,9-10H2,1H3. The molecule has 2 heterocycles. The molecular formula is C15H20ClN3O. The average Bonchev–Trinajstić information content (AvgIpc) is 2.78. The second-order valence-corrected chi connectivity index (χ2v) is 5.68. The van der Waals surface area contributed by atoms with Crippen LogP contribution in [0.3, 0.4) is 0 Å². The maximum Gasteiger partial charge on any atom is 0.111 e. The predicted molar refractivity (Wildman–Crippen MR) is 81.3 cm³/mol. The van der Waals surface area contributed by atoms with Gasteiger partial charge in [0, 0.05) is 30.6 Å². The minimum absolute atomic E-state index is 0.353. The molecule has 3 rings (SSSR count). The number of benzene rings is 1. The van der Waals surface area contributed by atoms with Crippen molar-refractivity contribution >= 4 is 22.6 Å². The Balaban J connectivity index is 1.93. The molecule has 1 atom stereocenters. The van der Waals surface area contributed by atoms with Crippen LogP contribution in [0.4, 0.5) is 0 Å². The van der Waals surface area contributed by atoms with Crippen molar-refractivity contribution in [1.29, 1.82) is 0 Å². The highest BCUT2D eigenvalue weighted by Gasteiger charge is 2.18. The largest absolute Gasteiger partial charge is 0.379 e. The van der Waals surface area contributed by atoms with Gasteiger partial charge in [0.1, 0.15) is 5.82 Å². The summed E-state index contributed by atoms with van der Waals surface area (Å²) in [4.78, 5) is 4.78. The van der Waals surface area contributed by atoms with Crippen molar-refractivity contribution in [3.8, 4) is 0 Å². The van der Waals surface area contributed by atoms with Crippen LogP contribution in [0.25, 0.3) is 11.0 Å². The molecule has 1 unspecified atom stereocenters. The van der Waals surface area contributed by atoms with Gasteiger partial charge in [-0.2, -0.15) is 0 Å². The first-order chi connectivity index (χ1) is 9.78. The van der Waals surface area contributed by atoms with E-state index in [1.807, 2.05) is 18.2 Å². The molecule has 1 aliphatic heterocycles. The molecule has 1 N–H and O–H groups in total. The molecule has 4 nitrogen and oxygen atoms in total. The number of aromatic nitrogens is 2. The van der Waals surface area contributed by atoms with Crippen molar-refractivity contribution in [2.75, 3.05) is 19.8 Å². The lowest BCUT2D eigenvalue weighted by molar-refractivity contribution is 0.0761. The van der Waals surface area contributed by atoms with Gasteiger partial charge in [-0.25, -0.2) is 4.98 Å². The van der Waals surface area contributed by atoms with Gasteiger partial charge in [0.2, 0.25) is 0 Å². The number of hydrogen-bond acceptors (Lipinski definition) is 3. The van der Waals surface area contributed by atoms with Crippen LogP contribution in [0.15, 0.2) is 18.2 Å². The van der Waals surface area contributed by atoms with Gasteiger partial charge in [-0.15, -0.1) is 0 Å². The van der Waals surface area contributed by atoms with Crippen LogP contribution < -0.4 is 5.32 Å². The van der Waals surface area contributed by atoms with Crippen LogP contribution in [0.2, 0.25) is 5.02 Å². The van der Waals surface area contributed by atoms with Crippen LogP contribution >= 0.6 is 11.6 Å². The number of hydrogen-bond donors (Lipinski definition) is 1. The number of rotatable bonds is 4. The Labute approximate surface area is 124 Å². The number of ether oxygens (including phenoxy) is 1. The van der Waals surface area contributed by atoms with Crippen molar-refractivity contribution in [1.82, 2.24) is 14.9 Å². The molecule has 1 saturated heterocycles. The van der Waals surface area contributed by atoms with Crippen molar-refractivity contribution in [2.45, 2.75) is 32.4 Å². The van der Waals surface area contributed by atoms with E-state index in [1.165, 1.54) is 0 Å². The van der Waals surface area contributed by atoms with E-state index < -0.39 is 0 Å².